The van der Waals surface area contributed by atoms with Crippen LogP contribution in [0.5, 0.6) is 0 Å². The van der Waals surface area contributed by atoms with Gasteiger partial charge in [-0.25, -0.2) is 4.85 Å². The third-order valence-corrected chi connectivity index (χ3v) is 11.4. The van der Waals surface area contributed by atoms with Crippen LogP contribution in [0.3, 0.4) is 0 Å². The van der Waals surface area contributed by atoms with E-state index in [-0.39, 0.29) is 28.9 Å². The molecule has 0 radical (unpaired) electrons. The molecule has 7 rings (SSSR count). The van der Waals surface area contributed by atoms with E-state index in [1.807, 2.05) is 48.5 Å². The smallest absolute Gasteiger partial charge is 0.251 e. The zero-order chi connectivity index (χ0) is 42.7. The van der Waals surface area contributed by atoms with Crippen molar-refractivity contribution in [1.29, 1.82) is 5.41 Å². The Hall–Kier alpha value is -6.75. The average Bonchev–Trinajstić information content (AvgIpc) is 3.23. The molecular weight excluding hydrogens is 745 g/mol. The number of amides is 2. The van der Waals surface area contributed by atoms with Gasteiger partial charge in [0.2, 0.25) is 11.8 Å². The fourth-order valence-electron chi connectivity index (χ4n) is 9.09. The van der Waals surface area contributed by atoms with E-state index in [0.29, 0.717) is 28.1 Å². The highest BCUT2D eigenvalue weighted by Crippen LogP contribution is 2.56. The summed E-state index contributed by atoms with van der Waals surface area (Å²) in [5.41, 5.74) is 4.37. The van der Waals surface area contributed by atoms with Gasteiger partial charge in [0.15, 0.2) is 5.78 Å². The Bertz CT molecular complexity index is 2830. The molecule has 6 aromatic rings. The number of carbonyl (C=O) groups is 3. The molecule has 0 bridgehead atoms. The number of anilines is 4. The number of allylic oxidation sites excluding steroid dienone is 2. The largest absolute Gasteiger partial charge is 0.371 e. The van der Waals surface area contributed by atoms with Gasteiger partial charge in [-0.15, -0.1) is 0 Å². The Labute approximate surface area is 352 Å². The third kappa shape index (κ3) is 7.51. The summed E-state index contributed by atoms with van der Waals surface area (Å²) in [5.74, 6) is 0.489. The lowest BCUT2D eigenvalue weighted by Crippen LogP contribution is -2.32. The molecule has 60 heavy (non-hydrogen) atoms. The Kier molecular flexibility index (Phi) is 12.2. The van der Waals surface area contributed by atoms with Gasteiger partial charge < -0.3 is 20.4 Å². The van der Waals surface area contributed by atoms with E-state index in [0.717, 1.165) is 106 Å². The van der Waals surface area contributed by atoms with E-state index in [4.69, 9.17) is 12.0 Å². The lowest BCUT2D eigenvalue weighted by Gasteiger charge is -2.37. The van der Waals surface area contributed by atoms with Crippen LogP contribution in [0.25, 0.3) is 53.5 Å². The minimum Gasteiger partial charge on any atom is -0.371 e. The fourth-order valence-corrected chi connectivity index (χ4v) is 9.09. The number of benzene rings is 6. The number of ketones is 1. The number of carbonyl (C=O) groups excluding carboxylic acids is 3. The second kappa shape index (κ2) is 17.6. The summed E-state index contributed by atoms with van der Waals surface area (Å²) in [6.07, 6.45) is 3.64. The first-order valence-electron chi connectivity index (χ1n) is 21.1. The summed E-state index contributed by atoms with van der Waals surface area (Å²) >= 11 is 0. The van der Waals surface area contributed by atoms with E-state index in [2.05, 4.69) is 95.2 Å². The number of nitrogens with zero attached hydrogens (tertiary/aromatic N) is 3. The average molecular weight is 797 g/mol. The summed E-state index contributed by atoms with van der Waals surface area (Å²) in [7, 11) is 0. The minimum atomic E-state index is -1.02. The maximum atomic E-state index is 15.5. The van der Waals surface area contributed by atoms with Gasteiger partial charge in [0.05, 0.1) is 18.2 Å². The van der Waals surface area contributed by atoms with Gasteiger partial charge in [0.25, 0.3) is 5.70 Å². The summed E-state index contributed by atoms with van der Waals surface area (Å²) in [6, 6.07) is 28.5. The predicted octanol–water partition coefficient (Wildman–Crippen LogP) is 11.6. The molecule has 1 aliphatic carbocycles. The lowest BCUT2D eigenvalue weighted by atomic mass is 9.66. The van der Waals surface area contributed by atoms with Crippen LogP contribution in [0.2, 0.25) is 0 Å². The summed E-state index contributed by atoms with van der Waals surface area (Å²) in [6.45, 7) is 23.0. The van der Waals surface area contributed by atoms with Gasteiger partial charge in [0, 0.05) is 79.0 Å². The zero-order valence-corrected chi connectivity index (χ0v) is 35.4. The van der Waals surface area contributed by atoms with Gasteiger partial charge in [-0.1, -0.05) is 76.2 Å². The molecule has 9 nitrogen and oxygen atoms in total. The molecule has 1 atom stereocenters. The van der Waals surface area contributed by atoms with E-state index >= 15 is 4.79 Å². The van der Waals surface area contributed by atoms with Gasteiger partial charge in [-0.05, 0) is 111 Å². The SMILES string of the molecule is [C-]#[N+]C(=C=N)C1=C(c2c(NC(C)=O)cc(N(CCC)CCC)c3cc4ccccc4cc23)C(=O)C1c1c(NC(C)=O)cc(N(CCC)CCC)c2cc3ccccc3cc12. The summed E-state index contributed by atoms with van der Waals surface area (Å²) in [4.78, 5) is 50.2. The Morgan fingerprint density at radius 1 is 0.667 bits per heavy atom. The first kappa shape index (κ1) is 41.4. The van der Waals surface area contributed by atoms with Gasteiger partial charge in [-0.3, -0.25) is 19.8 Å². The van der Waals surface area contributed by atoms with Crippen LogP contribution in [0.4, 0.5) is 22.7 Å². The van der Waals surface area contributed by atoms with Crippen molar-refractivity contribution in [2.45, 2.75) is 73.1 Å². The first-order chi connectivity index (χ1) is 29.1. The van der Waals surface area contributed by atoms with Crippen molar-refractivity contribution in [2.24, 2.45) is 0 Å². The highest BCUT2D eigenvalue weighted by molar-refractivity contribution is 6.39. The van der Waals surface area contributed by atoms with E-state index < -0.39 is 5.92 Å². The van der Waals surface area contributed by atoms with Crippen molar-refractivity contribution >= 4 is 94.9 Å². The predicted molar refractivity (Wildman–Crippen MR) is 250 cm³/mol. The van der Waals surface area contributed by atoms with Crippen LogP contribution >= 0.6 is 0 Å². The van der Waals surface area contributed by atoms with Crippen molar-refractivity contribution in [2.75, 3.05) is 46.6 Å². The molecule has 2 amide bonds. The number of fused-ring (bicyclic) bond motifs is 4. The molecule has 0 fully saturated rings. The number of rotatable bonds is 15. The number of hydrogen-bond acceptors (Lipinski definition) is 6. The molecule has 1 unspecified atom stereocenters. The zero-order valence-electron chi connectivity index (χ0n) is 35.4. The van der Waals surface area contributed by atoms with Crippen LogP contribution in [0.1, 0.15) is 84.3 Å². The maximum Gasteiger partial charge on any atom is 0.251 e. The summed E-state index contributed by atoms with van der Waals surface area (Å²) < 4.78 is 0. The molecule has 0 spiro atoms. The topological polar surface area (TPSA) is 110 Å². The van der Waals surface area contributed by atoms with Crippen LogP contribution in [-0.2, 0) is 14.4 Å². The number of nitrogens with one attached hydrogen (secondary N) is 3. The quantitative estimate of drug-likeness (QED) is 0.0544. The molecular formula is C51H52N6O3. The van der Waals surface area contributed by atoms with Crippen molar-refractivity contribution in [3.8, 4) is 0 Å². The van der Waals surface area contributed by atoms with E-state index in [9.17, 15) is 9.59 Å². The normalized spacial score (nSPS) is 13.6. The van der Waals surface area contributed by atoms with Crippen molar-refractivity contribution in [3.05, 3.63) is 119 Å². The molecule has 0 saturated heterocycles. The Morgan fingerprint density at radius 2 is 1.08 bits per heavy atom. The molecule has 9 heteroatoms. The maximum absolute atomic E-state index is 15.5. The Balaban J connectivity index is 1.63. The fraction of sp³-hybridized carbons (Fsp3) is 0.294. The molecule has 0 saturated carbocycles. The summed E-state index contributed by atoms with van der Waals surface area (Å²) in [5, 5.41) is 22.0. The highest BCUT2D eigenvalue weighted by Gasteiger charge is 2.46. The van der Waals surface area contributed by atoms with E-state index in [1.54, 1.807) is 0 Å². The van der Waals surface area contributed by atoms with Crippen LogP contribution < -0.4 is 20.4 Å². The van der Waals surface area contributed by atoms with Crippen LogP contribution in [-0.4, -0.2) is 49.6 Å². The highest BCUT2D eigenvalue weighted by atomic mass is 16.2. The molecule has 0 heterocycles. The third-order valence-electron chi connectivity index (χ3n) is 11.4. The van der Waals surface area contributed by atoms with Crippen molar-refractivity contribution in [3.63, 3.8) is 0 Å². The Morgan fingerprint density at radius 3 is 1.52 bits per heavy atom. The molecule has 1 aliphatic rings. The molecule has 6 aromatic carbocycles. The second-order valence-corrected chi connectivity index (χ2v) is 15.7. The van der Waals surface area contributed by atoms with Gasteiger partial charge >= 0.3 is 0 Å². The number of hydrogen-bond donors (Lipinski definition) is 3. The molecule has 304 valence electrons. The van der Waals surface area contributed by atoms with E-state index in [1.165, 1.54) is 13.8 Å². The van der Waals surface area contributed by atoms with Crippen molar-refractivity contribution < 1.29 is 14.4 Å². The lowest BCUT2D eigenvalue weighted by molar-refractivity contribution is -0.116. The molecule has 0 aliphatic heterocycles. The number of Topliss-reactive ketones (excluding diaryl/α,β-unsaturated/α-hetero) is 1. The molecule has 0 aromatic heterocycles. The van der Waals surface area contributed by atoms with Crippen molar-refractivity contribution in [1.82, 2.24) is 0 Å². The standard InChI is InChI=1S/C51H52N6O3/c1-8-20-56(21-9-2)44-28-41(54-31(5)58)46(39-26-35-18-14-12-16-33(35)24-37(39)44)49-48(43(30-52)53-7)50(51(49)60)47-40-27-36-19-15-13-17-34(36)25-38(40)45(29-42(47)55-32(6)59)57(22-10-3)23-11-4/h12-19,24-29,49,52H,8-11,20-23H2,1-6H3,(H,54,58)(H,55,59). The van der Waals surface area contributed by atoms with Crippen LogP contribution in [0, 0.1) is 12.0 Å². The second-order valence-electron chi connectivity index (χ2n) is 15.7. The van der Waals surface area contributed by atoms with Gasteiger partial charge in [0.1, 0.15) is 0 Å². The molecule has 3 N–H and O–H groups in total. The van der Waals surface area contributed by atoms with Crippen LogP contribution in [0.15, 0.2) is 96.2 Å². The first-order valence-corrected chi connectivity index (χ1v) is 21.1. The monoisotopic (exact) mass is 796 g/mol. The minimum absolute atomic E-state index is 0.106. The van der Waals surface area contributed by atoms with Gasteiger partial charge in [-0.2, -0.15) is 0 Å².